The summed E-state index contributed by atoms with van der Waals surface area (Å²) in [7, 11) is -4.73. The summed E-state index contributed by atoms with van der Waals surface area (Å²) in [6.07, 6.45) is 6.23. The molecular formula is C8H17MgO4P. The van der Waals surface area contributed by atoms with Crippen LogP contribution in [0.4, 0.5) is 0 Å². The molecule has 0 saturated carbocycles. The third-order valence-electron chi connectivity index (χ3n) is 1.75. The molecule has 0 saturated heterocycles. The van der Waals surface area contributed by atoms with Gasteiger partial charge in [-0.1, -0.05) is 39.0 Å². The van der Waals surface area contributed by atoms with E-state index < -0.39 is 7.82 Å². The Balaban J connectivity index is 0. The van der Waals surface area contributed by atoms with Crippen molar-refractivity contribution in [1.29, 1.82) is 0 Å². The van der Waals surface area contributed by atoms with E-state index in [9.17, 15) is 14.4 Å². The van der Waals surface area contributed by atoms with Gasteiger partial charge >= 0.3 is 23.1 Å². The standard InChI is InChI=1S/C8H19O4P.Mg/c1-2-3-4-5-6-7-8-12-13(9,10)11;/h2-8H2,1H3,(H2,9,10,11);/q;+2/p-2. The third kappa shape index (κ3) is 15.4. The van der Waals surface area contributed by atoms with E-state index in [-0.39, 0.29) is 29.7 Å². The van der Waals surface area contributed by atoms with Crippen LogP contribution in [-0.2, 0) is 9.09 Å². The van der Waals surface area contributed by atoms with Crippen LogP contribution in [0.3, 0.4) is 0 Å². The molecule has 0 amide bonds. The van der Waals surface area contributed by atoms with Crippen molar-refractivity contribution in [2.75, 3.05) is 6.61 Å². The van der Waals surface area contributed by atoms with Gasteiger partial charge < -0.3 is 18.9 Å². The van der Waals surface area contributed by atoms with Gasteiger partial charge in [0.05, 0.1) is 14.4 Å². The topological polar surface area (TPSA) is 72.4 Å². The second-order valence-corrected chi connectivity index (χ2v) is 4.20. The number of phosphoric ester groups is 1. The van der Waals surface area contributed by atoms with E-state index in [0.29, 0.717) is 6.42 Å². The van der Waals surface area contributed by atoms with Crippen LogP contribution in [0.2, 0.25) is 0 Å². The van der Waals surface area contributed by atoms with Gasteiger partial charge in [0.15, 0.2) is 0 Å². The first-order valence-corrected chi connectivity index (χ1v) is 6.19. The quantitative estimate of drug-likeness (QED) is 0.353. The smallest absolute Gasteiger partial charge is 0.790 e. The molecule has 0 aliphatic carbocycles. The SMILES string of the molecule is CCCCCCCCOP(=O)([O-])[O-].[Mg+2]. The Bertz CT molecular complexity index is 159. The molecule has 0 atom stereocenters. The number of phosphoric acid groups is 1. The molecule has 0 rings (SSSR count). The Morgan fingerprint density at radius 2 is 1.57 bits per heavy atom. The number of hydrogen-bond acceptors (Lipinski definition) is 4. The van der Waals surface area contributed by atoms with Crippen LogP contribution in [0.25, 0.3) is 0 Å². The van der Waals surface area contributed by atoms with Gasteiger partial charge in [-0.15, -0.1) is 0 Å². The Labute approximate surface area is 102 Å². The van der Waals surface area contributed by atoms with Crippen LogP contribution in [0.5, 0.6) is 0 Å². The zero-order valence-electron chi connectivity index (χ0n) is 8.74. The van der Waals surface area contributed by atoms with Gasteiger partial charge in [-0.05, 0) is 6.42 Å². The molecule has 0 radical (unpaired) electrons. The number of hydrogen-bond donors (Lipinski definition) is 0. The molecule has 6 heteroatoms. The fraction of sp³-hybridized carbons (Fsp3) is 1.00. The van der Waals surface area contributed by atoms with Gasteiger partial charge in [-0.3, -0.25) is 0 Å². The van der Waals surface area contributed by atoms with Crippen LogP contribution in [0.1, 0.15) is 45.4 Å². The Morgan fingerprint density at radius 3 is 2.07 bits per heavy atom. The molecule has 0 bridgehead atoms. The second-order valence-electron chi connectivity index (χ2n) is 3.05. The van der Waals surface area contributed by atoms with Crippen LogP contribution in [-0.4, -0.2) is 29.7 Å². The molecule has 0 heterocycles. The van der Waals surface area contributed by atoms with Crippen molar-refractivity contribution in [3.8, 4) is 0 Å². The van der Waals surface area contributed by atoms with E-state index in [1.54, 1.807) is 0 Å². The minimum atomic E-state index is -4.73. The molecule has 4 nitrogen and oxygen atoms in total. The molecule has 0 fully saturated rings. The van der Waals surface area contributed by atoms with Crippen molar-refractivity contribution in [1.82, 2.24) is 0 Å². The van der Waals surface area contributed by atoms with Crippen molar-refractivity contribution in [2.45, 2.75) is 45.4 Å². The molecular weight excluding hydrogens is 215 g/mol. The van der Waals surface area contributed by atoms with Crippen molar-refractivity contribution >= 4 is 30.9 Å². The Hall–Kier alpha value is 0.876. The summed E-state index contributed by atoms with van der Waals surface area (Å²) in [5.41, 5.74) is 0. The van der Waals surface area contributed by atoms with E-state index in [0.717, 1.165) is 12.8 Å². The third-order valence-corrected chi connectivity index (χ3v) is 2.25. The molecule has 0 spiro atoms. The minimum Gasteiger partial charge on any atom is -0.790 e. The second kappa shape index (κ2) is 10.4. The summed E-state index contributed by atoms with van der Waals surface area (Å²) >= 11 is 0. The predicted octanol–water partition coefficient (Wildman–Crippen LogP) is 0.811. The monoisotopic (exact) mass is 232 g/mol. The molecule has 14 heavy (non-hydrogen) atoms. The zero-order chi connectivity index (χ0) is 10.2. The number of unbranched alkanes of at least 4 members (excludes halogenated alkanes) is 5. The van der Waals surface area contributed by atoms with Crippen molar-refractivity contribution < 1.29 is 18.9 Å². The largest absolute Gasteiger partial charge is 2.00 e. The Morgan fingerprint density at radius 1 is 1.07 bits per heavy atom. The van der Waals surface area contributed by atoms with Crippen LogP contribution in [0, 0.1) is 0 Å². The maximum Gasteiger partial charge on any atom is 2.00 e. The van der Waals surface area contributed by atoms with E-state index in [1.807, 2.05) is 0 Å². The van der Waals surface area contributed by atoms with E-state index in [1.165, 1.54) is 19.3 Å². The normalized spacial score (nSPS) is 11.1. The minimum absolute atomic E-state index is 0. The maximum absolute atomic E-state index is 10.0. The van der Waals surface area contributed by atoms with Gasteiger partial charge in [0.25, 0.3) is 0 Å². The van der Waals surface area contributed by atoms with Crippen LogP contribution < -0.4 is 9.79 Å². The molecule has 0 aromatic carbocycles. The van der Waals surface area contributed by atoms with Crippen LogP contribution in [0.15, 0.2) is 0 Å². The first-order chi connectivity index (χ1) is 6.06. The molecule has 0 aromatic heterocycles. The Kier molecular flexibility index (Phi) is 12.8. The molecule has 0 unspecified atom stereocenters. The number of rotatable bonds is 8. The first kappa shape index (κ1) is 17.3. The fourth-order valence-electron chi connectivity index (χ4n) is 1.06. The fourth-order valence-corrected chi connectivity index (χ4v) is 1.41. The molecule has 80 valence electrons. The summed E-state index contributed by atoms with van der Waals surface area (Å²) in [5, 5.41) is 0. The molecule has 0 aliphatic heterocycles. The van der Waals surface area contributed by atoms with Crippen molar-refractivity contribution in [3.05, 3.63) is 0 Å². The van der Waals surface area contributed by atoms with Gasteiger partial charge in [0.2, 0.25) is 0 Å². The van der Waals surface area contributed by atoms with Gasteiger partial charge in [0.1, 0.15) is 0 Å². The predicted molar refractivity (Wildman–Crippen MR) is 52.7 cm³/mol. The molecule has 0 N–H and O–H groups in total. The molecule has 0 aromatic rings. The zero-order valence-corrected chi connectivity index (χ0v) is 11.0. The van der Waals surface area contributed by atoms with Crippen LogP contribution >= 0.6 is 7.82 Å². The summed E-state index contributed by atoms with van der Waals surface area (Å²) in [4.78, 5) is 20.0. The van der Waals surface area contributed by atoms with Crippen molar-refractivity contribution in [3.63, 3.8) is 0 Å². The van der Waals surface area contributed by atoms with Gasteiger partial charge in [-0.25, -0.2) is 0 Å². The average Bonchev–Trinajstić information content (AvgIpc) is 2.01. The van der Waals surface area contributed by atoms with E-state index in [4.69, 9.17) is 0 Å². The first-order valence-electron chi connectivity index (χ1n) is 4.73. The summed E-state index contributed by atoms with van der Waals surface area (Å²) in [6, 6.07) is 0. The molecule has 0 aliphatic rings. The summed E-state index contributed by atoms with van der Waals surface area (Å²) < 4.78 is 14.1. The van der Waals surface area contributed by atoms with E-state index in [2.05, 4.69) is 11.4 Å². The van der Waals surface area contributed by atoms with E-state index >= 15 is 0 Å². The van der Waals surface area contributed by atoms with Gasteiger partial charge in [0, 0.05) is 0 Å². The maximum atomic E-state index is 10.0. The van der Waals surface area contributed by atoms with Crippen molar-refractivity contribution in [2.24, 2.45) is 0 Å². The van der Waals surface area contributed by atoms with Gasteiger partial charge in [-0.2, -0.15) is 0 Å². The summed E-state index contributed by atoms with van der Waals surface area (Å²) in [6.45, 7) is 2.17. The average molecular weight is 232 g/mol. The summed E-state index contributed by atoms with van der Waals surface area (Å²) in [5.74, 6) is 0.